The van der Waals surface area contributed by atoms with Crippen molar-refractivity contribution in [3.05, 3.63) is 11.6 Å². The molecule has 0 saturated carbocycles. The number of carbonyl (C=O) groups excluding carboxylic acids is 1. The quantitative estimate of drug-likeness (QED) is 0.517. The van der Waals surface area contributed by atoms with Gasteiger partial charge in [0.25, 0.3) is 0 Å². The summed E-state index contributed by atoms with van der Waals surface area (Å²) >= 11 is 0. The van der Waals surface area contributed by atoms with Gasteiger partial charge in [-0.1, -0.05) is 0 Å². The maximum Gasteiger partial charge on any atom is 0.158 e. The second kappa shape index (κ2) is 1.67. The topological polar surface area (TPSA) is 37.3 Å². The van der Waals surface area contributed by atoms with Gasteiger partial charge in [0.05, 0.1) is 5.60 Å². The Morgan fingerprint density at radius 3 is 2.44 bits per heavy atom. The average molecular weight is 126 g/mol. The molecule has 0 saturated heterocycles. The second-order valence-corrected chi connectivity index (χ2v) is 2.74. The van der Waals surface area contributed by atoms with Gasteiger partial charge in [-0.15, -0.1) is 0 Å². The van der Waals surface area contributed by atoms with Crippen LogP contribution in [0.3, 0.4) is 0 Å². The number of ketones is 1. The highest BCUT2D eigenvalue weighted by Crippen LogP contribution is 2.26. The highest BCUT2D eigenvalue weighted by Gasteiger charge is 2.31. The van der Waals surface area contributed by atoms with Crippen molar-refractivity contribution in [1.29, 1.82) is 0 Å². The molecule has 0 aliphatic heterocycles. The Balaban J connectivity index is 2.89. The molecule has 0 aromatic carbocycles. The minimum Gasteiger partial charge on any atom is -0.385 e. The van der Waals surface area contributed by atoms with Gasteiger partial charge in [0.2, 0.25) is 0 Å². The van der Waals surface area contributed by atoms with Crippen molar-refractivity contribution < 1.29 is 9.90 Å². The fraction of sp³-hybridized carbons (Fsp3) is 0.571. The molecule has 0 fully saturated rings. The molecule has 9 heavy (non-hydrogen) atoms. The summed E-state index contributed by atoms with van der Waals surface area (Å²) in [5.74, 6) is 0.0255. The van der Waals surface area contributed by atoms with E-state index in [1.807, 2.05) is 0 Å². The van der Waals surface area contributed by atoms with Crippen LogP contribution in [-0.4, -0.2) is 16.5 Å². The molecule has 0 bridgehead atoms. The van der Waals surface area contributed by atoms with Crippen LogP contribution in [0, 0.1) is 0 Å². The largest absolute Gasteiger partial charge is 0.385 e. The SMILES string of the molecule is CC1=CC(=O)CC1(C)O. The van der Waals surface area contributed by atoms with Crippen molar-refractivity contribution in [3.8, 4) is 0 Å². The summed E-state index contributed by atoms with van der Waals surface area (Å²) in [7, 11) is 0. The van der Waals surface area contributed by atoms with Gasteiger partial charge >= 0.3 is 0 Å². The van der Waals surface area contributed by atoms with Crippen LogP contribution >= 0.6 is 0 Å². The van der Waals surface area contributed by atoms with E-state index in [0.29, 0.717) is 0 Å². The van der Waals surface area contributed by atoms with E-state index in [1.54, 1.807) is 13.8 Å². The van der Waals surface area contributed by atoms with Gasteiger partial charge in [0, 0.05) is 6.42 Å². The van der Waals surface area contributed by atoms with Crippen LogP contribution < -0.4 is 0 Å². The molecule has 1 aliphatic carbocycles. The fourth-order valence-electron chi connectivity index (χ4n) is 0.927. The van der Waals surface area contributed by atoms with Gasteiger partial charge in [-0.3, -0.25) is 4.79 Å². The Labute approximate surface area is 54.2 Å². The molecule has 0 aromatic rings. The lowest BCUT2D eigenvalue weighted by molar-refractivity contribution is -0.116. The zero-order valence-corrected chi connectivity index (χ0v) is 5.64. The van der Waals surface area contributed by atoms with Crippen molar-refractivity contribution in [3.63, 3.8) is 0 Å². The van der Waals surface area contributed by atoms with Crippen LogP contribution in [0.2, 0.25) is 0 Å². The lowest BCUT2D eigenvalue weighted by atomic mass is 10.0. The standard InChI is InChI=1S/C7H10O2/c1-5-3-6(8)4-7(5,2)9/h3,9H,4H2,1-2H3. The van der Waals surface area contributed by atoms with E-state index in [4.69, 9.17) is 0 Å². The molecule has 0 aromatic heterocycles. The van der Waals surface area contributed by atoms with Crippen LogP contribution in [0.4, 0.5) is 0 Å². The molecule has 1 aliphatic rings. The zero-order chi connectivity index (χ0) is 7.07. The Bertz CT molecular complexity index is 177. The molecule has 2 nitrogen and oxygen atoms in total. The summed E-state index contributed by atoms with van der Waals surface area (Å²) in [6.07, 6.45) is 1.75. The lowest BCUT2D eigenvalue weighted by Gasteiger charge is -2.15. The van der Waals surface area contributed by atoms with E-state index in [0.717, 1.165) is 5.57 Å². The first-order valence-electron chi connectivity index (χ1n) is 2.96. The number of rotatable bonds is 0. The van der Waals surface area contributed by atoms with Gasteiger partial charge in [0.1, 0.15) is 0 Å². The lowest BCUT2D eigenvalue weighted by Crippen LogP contribution is -2.22. The van der Waals surface area contributed by atoms with Crippen molar-refractivity contribution in [2.24, 2.45) is 0 Å². The van der Waals surface area contributed by atoms with Crippen LogP contribution in [0.1, 0.15) is 20.3 Å². The van der Waals surface area contributed by atoms with E-state index >= 15 is 0 Å². The van der Waals surface area contributed by atoms with Gasteiger partial charge < -0.3 is 5.11 Å². The average Bonchev–Trinajstić information content (AvgIpc) is 1.79. The monoisotopic (exact) mass is 126 g/mol. The summed E-state index contributed by atoms with van der Waals surface area (Å²) in [6.45, 7) is 3.43. The predicted molar refractivity (Wildman–Crippen MR) is 34.0 cm³/mol. The third-order valence-electron chi connectivity index (χ3n) is 1.75. The summed E-state index contributed by atoms with van der Waals surface area (Å²) in [5, 5.41) is 9.34. The number of hydrogen-bond donors (Lipinski definition) is 1. The molecule has 0 spiro atoms. The Hall–Kier alpha value is -0.630. The van der Waals surface area contributed by atoms with E-state index in [1.165, 1.54) is 6.08 Å². The number of carbonyl (C=O) groups is 1. The van der Waals surface area contributed by atoms with E-state index < -0.39 is 5.60 Å². The van der Waals surface area contributed by atoms with Crippen LogP contribution in [0.15, 0.2) is 11.6 Å². The molecule has 0 heterocycles. The normalized spacial score (nSPS) is 35.0. The van der Waals surface area contributed by atoms with Crippen molar-refractivity contribution >= 4 is 5.78 Å². The summed E-state index contributed by atoms with van der Waals surface area (Å²) in [4.78, 5) is 10.6. The van der Waals surface area contributed by atoms with Gasteiger partial charge in [-0.25, -0.2) is 0 Å². The fourth-order valence-corrected chi connectivity index (χ4v) is 0.927. The minimum atomic E-state index is -0.864. The van der Waals surface area contributed by atoms with Gasteiger partial charge in [0.15, 0.2) is 5.78 Å². The Morgan fingerprint density at radius 1 is 1.78 bits per heavy atom. The molecule has 0 amide bonds. The Kier molecular flexibility index (Phi) is 1.21. The second-order valence-electron chi connectivity index (χ2n) is 2.74. The summed E-state index contributed by atoms with van der Waals surface area (Å²) < 4.78 is 0. The van der Waals surface area contributed by atoms with Crippen molar-refractivity contribution in [2.75, 3.05) is 0 Å². The molecule has 1 rings (SSSR count). The Morgan fingerprint density at radius 2 is 2.33 bits per heavy atom. The first-order valence-corrected chi connectivity index (χ1v) is 2.96. The van der Waals surface area contributed by atoms with Gasteiger partial charge in [-0.2, -0.15) is 0 Å². The van der Waals surface area contributed by atoms with E-state index in [2.05, 4.69) is 0 Å². The number of aliphatic hydroxyl groups is 1. The zero-order valence-electron chi connectivity index (χ0n) is 5.64. The maximum atomic E-state index is 10.6. The predicted octanol–water partition coefficient (Wildman–Crippen LogP) is 0.657. The molecule has 1 N–H and O–H groups in total. The van der Waals surface area contributed by atoms with Crippen molar-refractivity contribution in [2.45, 2.75) is 25.9 Å². The first kappa shape index (κ1) is 6.49. The first-order chi connectivity index (χ1) is 4.02. The van der Waals surface area contributed by atoms with Gasteiger partial charge in [-0.05, 0) is 25.5 Å². The molecular formula is C7H10O2. The molecular weight excluding hydrogens is 116 g/mol. The van der Waals surface area contributed by atoms with E-state index in [-0.39, 0.29) is 12.2 Å². The summed E-state index contributed by atoms with van der Waals surface area (Å²) in [6, 6.07) is 0. The highest BCUT2D eigenvalue weighted by atomic mass is 16.3. The van der Waals surface area contributed by atoms with Crippen molar-refractivity contribution in [1.82, 2.24) is 0 Å². The maximum absolute atomic E-state index is 10.6. The molecule has 1 atom stereocenters. The molecule has 0 radical (unpaired) electrons. The number of allylic oxidation sites excluding steroid dienone is 1. The number of hydrogen-bond acceptors (Lipinski definition) is 2. The molecule has 50 valence electrons. The van der Waals surface area contributed by atoms with Crippen LogP contribution in [0.5, 0.6) is 0 Å². The van der Waals surface area contributed by atoms with E-state index in [9.17, 15) is 9.90 Å². The van der Waals surface area contributed by atoms with Crippen LogP contribution in [0.25, 0.3) is 0 Å². The molecule has 1 unspecified atom stereocenters. The third-order valence-corrected chi connectivity index (χ3v) is 1.75. The molecule has 2 heteroatoms. The third kappa shape index (κ3) is 1.03. The van der Waals surface area contributed by atoms with Crippen LogP contribution in [-0.2, 0) is 4.79 Å². The summed E-state index contributed by atoms with van der Waals surface area (Å²) in [5.41, 5.74) is -0.0932. The minimum absolute atomic E-state index is 0.0255. The highest BCUT2D eigenvalue weighted by molar-refractivity contribution is 5.94. The smallest absolute Gasteiger partial charge is 0.158 e.